The quantitative estimate of drug-likeness (QED) is 0.309. The number of esters is 1. The molecule has 1 fully saturated rings. The predicted molar refractivity (Wildman–Crippen MR) is 104 cm³/mol. The molecule has 3 N–H and O–H groups in total. The van der Waals surface area contributed by atoms with Crippen molar-refractivity contribution in [3.8, 4) is 5.75 Å². The summed E-state index contributed by atoms with van der Waals surface area (Å²) in [5.41, 5.74) is -0.141. The molecule has 1 aromatic rings. The Morgan fingerprint density at radius 2 is 1.97 bits per heavy atom. The molecule has 160 valence electrons. The number of rotatable bonds is 5. The van der Waals surface area contributed by atoms with Crippen LogP contribution in [0.3, 0.4) is 0 Å². The molecule has 10 nitrogen and oxygen atoms in total. The van der Waals surface area contributed by atoms with Crippen LogP contribution in [0, 0.1) is 0 Å². The lowest BCUT2D eigenvalue weighted by molar-refractivity contribution is -0.157. The van der Waals surface area contributed by atoms with Crippen LogP contribution < -0.4 is 15.5 Å². The highest BCUT2D eigenvalue weighted by Crippen LogP contribution is 2.33. The summed E-state index contributed by atoms with van der Waals surface area (Å²) in [6, 6.07) is 1.81. The fourth-order valence-electron chi connectivity index (χ4n) is 3.43. The smallest absolute Gasteiger partial charge is 0.482 e. The fraction of sp³-hybridized carbons (Fsp3) is 0.474. The second-order valence-electron chi connectivity index (χ2n) is 8.19. The van der Waals surface area contributed by atoms with E-state index in [4.69, 9.17) is 9.47 Å². The number of amides is 3. The van der Waals surface area contributed by atoms with Crippen LogP contribution in [-0.2, 0) is 25.7 Å². The number of carbonyl (C=O) groups excluding carboxylic acids is 4. The van der Waals surface area contributed by atoms with Crippen LogP contribution in [0.5, 0.6) is 5.75 Å². The van der Waals surface area contributed by atoms with E-state index in [0.29, 0.717) is 5.56 Å². The minimum Gasteiger partial charge on any atom is -0.482 e. The van der Waals surface area contributed by atoms with E-state index in [1.54, 1.807) is 20.8 Å². The number of hydrogen-bond acceptors (Lipinski definition) is 8. The molecule has 11 heteroatoms. The van der Waals surface area contributed by atoms with Gasteiger partial charge in [0.15, 0.2) is 6.61 Å². The van der Waals surface area contributed by atoms with Crippen molar-refractivity contribution in [2.45, 2.75) is 51.8 Å². The molecule has 3 amide bonds. The lowest BCUT2D eigenvalue weighted by Crippen LogP contribution is -2.52. The minimum absolute atomic E-state index is 0.00594. The normalized spacial score (nSPS) is 18.8. The van der Waals surface area contributed by atoms with Gasteiger partial charge in [0.05, 0.1) is 6.54 Å². The SMILES string of the molecule is CC(C)(C)OC(=O)COc1cc(B(O)O)cc2c1CN(C1CCC(=O)NC1=O)C2=O. The molecule has 2 aliphatic rings. The molecule has 1 aromatic carbocycles. The average Bonchev–Trinajstić information content (AvgIpc) is 2.95. The zero-order valence-corrected chi connectivity index (χ0v) is 16.9. The van der Waals surface area contributed by atoms with E-state index in [-0.39, 0.29) is 36.2 Å². The van der Waals surface area contributed by atoms with Gasteiger partial charge in [0, 0.05) is 17.5 Å². The Morgan fingerprint density at radius 1 is 1.27 bits per heavy atom. The first-order chi connectivity index (χ1) is 14.0. The highest BCUT2D eigenvalue weighted by molar-refractivity contribution is 6.58. The molecule has 0 bridgehead atoms. The van der Waals surface area contributed by atoms with Gasteiger partial charge in [0.25, 0.3) is 5.91 Å². The third-order valence-corrected chi connectivity index (χ3v) is 4.70. The standard InChI is InChI=1S/C19H23BN2O8/c1-19(2,3)30-16(24)9-29-14-7-10(20(27)28)6-11-12(14)8-22(18(11)26)13-4-5-15(23)21-17(13)25/h6-7,13,27-28H,4-5,8-9H2,1-3H3,(H,21,23,25). The Hall–Kier alpha value is -2.92. The van der Waals surface area contributed by atoms with E-state index in [1.807, 2.05) is 0 Å². The Morgan fingerprint density at radius 3 is 2.57 bits per heavy atom. The lowest BCUT2D eigenvalue weighted by Gasteiger charge is -2.29. The van der Waals surface area contributed by atoms with Crippen molar-refractivity contribution in [3.63, 3.8) is 0 Å². The van der Waals surface area contributed by atoms with Gasteiger partial charge in [-0.1, -0.05) is 0 Å². The lowest BCUT2D eigenvalue weighted by atomic mass is 9.78. The second-order valence-corrected chi connectivity index (χ2v) is 8.19. The van der Waals surface area contributed by atoms with Crippen molar-refractivity contribution < 1.29 is 38.7 Å². The topological polar surface area (TPSA) is 142 Å². The summed E-state index contributed by atoms with van der Waals surface area (Å²) in [5, 5.41) is 21.3. The number of hydrogen-bond donors (Lipinski definition) is 3. The van der Waals surface area contributed by atoms with Gasteiger partial charge in [-0.05, 0) is 44.8 Å². The molecule has 0 aliphatic carbocycles. The first-order valence-corrected chi connectivity index (χ1v) is 9.48. The number of imide groups is 1. The number of carbonyl (C=O) groups is 4. The van der Waals surface area contributed by atoms with Gasteiger partial charge >= 0.3 is 13.1 Å². The number of fused-ring (bicyclic) bond motifs is 1. The molecular weight excluding hydrogens is 395 g/mol. The monoisotopic (exact) mass is 418 g/mol. The number of piperidine rings is 1. The Balaban J connectivity index is 1.86. The van der Waals surface area contributed by atoms with Crippen LogP contribution in [0.4, 0.5) is 0 Å². The first-order valence-electron chi connectivity index (χ1n) is 9.48. The van der Waals surface area contributed by atoms with E-state index in [1.165, 1.54) is 17.0 Å². The Bertz CT molecular complexity index is 909. The van der Waals surface area contributed by atoms with Crippen molar-refractivity contribution in [1.82, 2.24) is 10.2 Å². The maximum absolute atomic E-state index is 12.9. The van der Waals surface area contributed by atoms with E-state index in [2.05, 4.69) is 5.32 Å². The maximum atomic E-state index is 12.9. The molecule has 0 spiro atoms. The third kappa shape index (κ3) is 4.63. The zero-order valence-electron chi connectivity index (χ0n) is 16.9. The van der Waals surface area contributed by atoms with Crippen molar-refractivity contribution in [3.05, 3.63) is 23.3 Å². The Labute approximate surface area is 173 Å². The number of ether oxygens (including phenoxy) is 2. The van der Waals surface area contributed by atoms with Crippen LogP contribution in [0.1, 0.15) is 49.5 Å². The van der Waals surface area contributed by atoms with Gasteiger partial charge in [-0.15, -0.1) is 0 Å². The van der Waals surface area contributed by atoms with Crippen molar-refractivity contribution in [1.29, 1.82) is 0 Å². The van der Waals surface area contributed by atoms with Gasteiger partial charge in [-0.3, -0.25) is 19.7 Å². The minimum atomic E-state index is -1.86. The molecule has 1 unspecified atom stereocenters. The number of nitrogens with one attached hydrogen (secondary N) is 1. The molecule has 0 saturated carbocycles. The molecule has 1 saturated heterocycles. The van der Waals surface area contributed by atoms with Gasteiger partial charge < -0.3 is 24.4 Å². The summed E-state index contributed by atoms with van der Waals surface area (Å²) >= 11 is 0. The Kier molecular flexibility index (Phi) is 5.86. The van der Waals surface area contributed by atoms with Crippen LogP contribution >= 0.6 is 0 Å². The molecule has 2 aliphatic heterocycles. The van der Waals surface area contributed by atoms with Crippen molar-refractivity contribution in [2.24, 2.45) is 0 Å². The van der Waals surface area contributed by atoms with Crippen LogP contribution in [0.25, 0.3) is 0 Å². The van der Waals surface area contributed by atoms with Gasteiger partial charge in [-0.25, -0.2) is 4.79 Å². The molecule has 2 heterocycles. The van der Waals surface area contributed by atoms with Crippen molar-refractivity contribution in [2.75, 3.05) is 6.61 Å². The van der Waals surface area contributed by atoms with E-state index in [9.17, 15) is 29.2 Å². The maximum Gasteiger partial charge on any atom is 0.488 e. The summed E-state index contributed by atoms with van der Waals surface area (Å²) in [5.74, 6) is -1.97. The number of nitrogens with zero attached hydrogens (tertiary/aromatic N) is 1. The predicted octanol–water partition coefficient (Wildman–Crippen LogP) is -1.15. The van der Waals surface area contributed by atoms with Gasteiger partial charge in [0.1, 0.15) is 17.4 Å². The third-order valence-electron chi connectivity index (χ3n) is 4.70. The zero-order chi connectivity index (χ0) is 22.2. The first kappa shape index (κ1) is 21.8. The van der Waals surface area contributed by atoms with Gasteiger partial charge in [-0.2, -0.15) is 0 Å². The summed E-state index contributed by atoms with van der Waals surface area (Å²) in [4.78, 5) is 49.8. The molecular formula is C19H23BN2O8. The fourth-order valence-corrected chi connectivity index (χ4v) is 3.43. The summed E-state index contributed by atoms with van der Waals surface area (Å²) in [6.07, 6.45) is 0.299. The molecule has 1 atom stereocenters. The number of benzene rings is 1. The van der Waals surface area contributed by atoms with Crippen molar-refractivity contribution >= 4 is 36.3 Å². The van der Waals surface area contributed by atoms with Crippen LogP contribution in [0.15, 0.2) is 12.1 Å². The molecule has 3 rings (SSSR count). The van der Waals surface area contributed by atoms with Gasteiger partial charge in [0.2, 0.25) is 11.8 Å². The summed E-state index contributed by atoms with van der Waals surface area (Å²) in [6.45, 7) is 4.71. The second kappa shape index (κ2) is 8.08. The molecule has 0 radical (unpaired) electrons. The summed E-state index contributed by atoms with van der Waals surface area (Å²) < 4.78 is 10.7. The van der Waals surface area contributed by atoms with Crippen LogP contribution in [-0.4, -0.2) is 64.0 Å². The molecule has 0 aromatic heterocycles. The largest absolute Gasteiger partial charge is 0.488 e. The average molecular weight is 418 g/mol. The molecule has 30 heavy (non-hydrogen) atoms. The van der Waals surface area contributed by atoms with E-state index >= 15 is 0 Å². The summed E-state index contributed by atoms with van der Waals surface area (Å²) in [7, 11) is -1.86. The highest BCUT2D eigenvalue weighted by atomic mass is 16.6. The van der Waals surface area contributed by atoms with E-state index in [0.717, 1.165) is 0 Å². The van der Waals surface area contributed by atoms with E-state index < -0.39 is 49.1 Å². The van der Waals surface area contributed by atoms with Crippen LogP contribution in [0.2, 0.25) is 0 Å². The highest BCUT2D eigenvalue weighted by Gasteiger charge is 2.41.